The summed E-state index contributed by atoms with van der Waals surface area (Å²) >= 11 is 0. The van der Waals surface area contributed by atoms with E-state index < -0.39 is 0 Å². The van der Waals surface area contributed by atoms with Gasteiger partial charge in [0.2, 0.25) is 11.7 Å². The number of benzene rings is 1. The summed E-state index contributed by atoms with van der Waals surface area (Å²) in [5.41, 5.74) is 1.75. The SMILES string of the molecule is c1ccc(-c2nc3c(c(OCC4CC4)n2)OCCN(c2ncccn2)C3)cc1. The molecule has 1 aliphatic carbocycles. The van der Waals surface area contributed by atoms with Gasteiger partial charge in [0.05, 0.1) is 19.7 Å². The second kappa shape index (κ2) is 7.42. The Bertz CT molecular complexity index is 948. The minimum atomic E-state index is 0.499. The molecule has 0 atom stereocenters. The van der Waals surface area contributed by atoms with Crippen molar-refractivity contribution in [3.8, 4) is 23.0 Å². The van der Waals surface area contributed by atoms with Crippen LogP contribution in [0.4, 0.5) is 5.95 Å². The highest BCUT2D eigenvalue weighted by Crippen LogP contribution is 2.36. The van der Waals surface area contributed by atoms with E-state index in [9.17, 15) is 0 Å². The van der Waals surface area contributed by atoms with Crippen LogP contribution < -0.4 is 14.4 Å². The summed E-state index contributed by atoms with van der Waals surface area (Å²) in [6.45, 7) is 2.39. The van der Waals surface area contributed by atoms with Crippen molar-refractivity contribution in [3.05, 3.63) is 54.5 Å². The number of nitrogens with zero attached hydrogens (tertiary/aromatic N) is 5. The van der Waals surface area contributed by atoms with E-state index in [1.807, 2.05) is 36.4 Å². The summed E-state index contributed by atoms with van der Waals surface area (Å²) < 4.78 is 12.1. The van der Waals surface area contributed by atoms with Gasteiger partial charge in [0, 0.05) is 18.0 Å². The lowest BCUT2D eigenvalue weighted by Crippen LogP contribution is -2.27. The van der Waals surface area contributed by atoms with E-state index in [0.29, 0.717) is 55.6 Å². The third-order valence-electron chi connectivity index (χ3n) is 4.87. The van der Waals surface area contributed by atoms with Crippen LogP contribution in [0.3, 0.4) is 0 Å². The molecule has 0 amide bonds. The first-order chi connectivity index (χ1) is 13.9. The quantitative estimate of drug-likeness (QED) is 0.678. The molecule has 0 spiro atoms. The van der Waals surface area contributed by atoms with Gasteiger partial charge in [0.25, 0.3) is 5.88 Å². The van der Waals surface area contributed by atoms with Gasteiger partial charge in [0.15, 0.2) is 5.82 Å². The van der Waals surface area contributed by atoms with Crippen molar-refractivity contribution in [2.45, 2.75) is 19.4 Å². The Morgan fingerprint density at radius 2 is 1.86 bits per heavy atom. The van der Waals surface area contributed by atoms with Crippen LogP contribution in [0.15, 0.2) is 48.8 Å². The van der Waals surface area contributed by atoms with Crippen LogP contribution in [0.5, 0.6) is 11.6 Å². The topological polar surface area (TPSA) is 73.3 Å². The molecule has 1 saturated carbocycles. The summed E-state index contributed by atoms with van der Waals surface area (Å²) in [6.07, 6.45) is 5.93. The van der Waals surface area contributed by atoms with E-state index in [-0.39, 0.29) is 0 Å². The van der Waals surface area contributed by atoms with Gasteiger partial charge in [-0.25, -0.2) is 15.0 Å². The number of anilines is 1. The molecule has 3 heterocycles. The fraction of sp³-hybridized carbons (Fsp3) is 0.333. The fourth-order valence-corrected chi connectivity index (χ4v) is 3.16. The molecule has 28 heavy (non-hydrogen) atoms. The Hall–Kier alpha value is -3.22. The van der Waals surface area contributed by atoms with Crippen molar-refractivity contribution < 1.29 is 9.47 Å². The van der Waals surface area contributed by atoms with Gasteiger partial charge >= 0.3 is 0 Å². The Morgan fingerprint density at radius 3 is 2.64 bits per heavy atom. The second-order valence-corrected chi connectivity index (χ2v) is 7.07. The van der Waals surface area contributed by atoms with Gasteiger partial charge < -0.3 is 14.4 Å². The largest absolute Gasteiger partial charge is 0.485 e. The van der Waals surface area contributed by atoms with Crippen LogP contribution >= 0.6 is 0 Å². The molecule has 2 aliphatic rings. The van der Waals surface area contributed by atoms with Crippen molar-refractivity contribution in [1.82, 2.24) is 19.9 Å². The number of fused-ring (bicyclic) bond motifs is 1. The smallest absolute Gasteiger partial charge is 0.261 e. The highest BCUT2D eigenvalue weighted by molar-refractivity contribution is 5.58. The molecule has 142 valence electrons. The first kappa shape index (κ1) is 16.9. The third kappa shape index (κ3) is 3.60. The zero-order valence-corrected chi connectivity index (χ0v) is 15.5. The first-order valence-corrected chi connectivity index (χ1v) is 9.61. The van der Waals surface area contributed by atoms with Crippen molar-refractivity contribution in [2.24, 2.45) is 5.92 Å². The summed E-state index contributed by atoms with van der Waals surface area (Å²) in [5.74, 6) is 3.11. The molecule has 7 heteroatoms. The maximum atomic E-state index is 6.06. The number of hydrogen-bond acceptors (Lipinski definition) is 7. The summed E-state index contributed by atoms with van der Waals surface area (Å²) in [7, 11) is 0. The van der Waals surface area contributed by atoms with Crippen LogP contribution in [-0.2, 0) is 6.54 Å². The number of aromatic nitrogens is 4. The van der Waals surface area contributed by atoms with Crippen LogP contribution in [-0.4, -0.2) is 39.7 Å². The van der Waals surface area contributed by atoms with Gasteiger partial charge in [-0.2, -0.15) is 4.98 Å². The Balaban J connectivity index is 1.53. The predicted molar refractivity (Wildman–Crippen MR) is 104 cm³/mol. The molecular weight excluding hydrogens is 354 g/mol. The van der Waals surface area contributed by atoms with Gasteiger partial charge in [-0.1, -0.05) is 30.3 Å². The molecule has 0 radical (unpaired) electrons. The molecule has 7 nitrogen and oxygen atoms in total. The lowest BCUT2D eigenvalue weighted by molar-refractivity contribution is 0.254. The van der Waals surface area contributed by atoms with Gasteiger partial charge in [0.1, 0.15) is 12.3 Å². The Labute approximate surface area is 163 Å². The lowest BCUT2D eigenvalue weighted by atomic mass is 10.2. The molecule has 1 aromatic carbocycles. The van der Waals surface area contributed by atoms with Crippen LogP contribution in [0.25, 0.3) is 11.4 Å². The maximum Gasteiger partial charge on any atom is 0.261 e. The Morgan fingerprint density at radius 1 is 1.04 bits per heavy atom. The standard InChI is InChI=1S/C21H21N5O2/c1-2-5-16(6-3-1)19-24-17-13-26(21-22-9-4-10-23-21)11-12-27-18(17)20(25-19)28-14-15-7-8-15/h1-6,9-10,15H,7-8,11-14H2. The predicted octanol–water partition coefficient (Wildman–Crippen LogP) is 3.12. The van der Waals surface area contributed by atoms with Crippen molar-refractivity contribution >= 4 is 5.95 Å². The van der Waals surface area contributed by atoms with Gasteiger partial charge in [-0.3, -0.25) is 0 Å². The van der Waals surface area contributed by atoms with E-state index in [1.54, 1.807) is 12.4 Å². The van der Waals surface area contributed by atoms with E-state index in [1.165, 1.54) is 12.8 Å². The van der Waals surface area contributed by atoms with Crippen LogP contribution in [0.1, 0.15) is 18.5 Å². The summed E-state index contributed by atoms with van der Waals surface area (Å²) in [4.78, 5) is 20.3. The van der Waals surface area contributed by atoms with E-state index >= 15 is 0 Å². The minimum Gasteiger partial charge on any atom is -0.485 e. The highest BCUT2D eigenvalue weighted by Gasteiger charge is 2.27. The summed E-state index contributed by atoms with van der Waals surface area (Å²) in [6, 6.07) is 11.8. The van der Waals surface area contributed by atoms with E-state index in [0.717, 1.165) is 11.3 Å². The highest BCUT2D eigenvalue weighted by atomic mass is 16.5. The van der Waals surface area contributed by atoms with E-state index in [2.05, 4.69) is 19.9 Å². The second-order valence-electron chi connectivity index (χ2n) is 7.07. The van der Waals surface area contributed by atoms with Crippen molar-refractivity contribution in [3.63, 3.8) is 0 Å². The lowest BCUT2D eigenvalue weighted by Gasteiger charge is -2.19. The van der Waals surface area contributed by atoms with Crippen molar-refractivity contribution in [2.75, 3.05) is 24.7 Å². The van der Waals surface area contributed by atoms with Gasteiger partial charge in [-0.05, 0) is 24.8 Å². The molecule has 0 saturated heterocycles. The monoisotopic (exact) mass is 375 g/mol. The third-order valence-corrected chi connectivity index (χ3v) is 4.87. The molecule has 5 rings (SSSR count). The average molecular weight is 375 g/mol. The zero-order chi connectivity index (χ0) is 18.8. The fourth-order valence-electron chi connectivity index (χ4n) is 3.16. The molecule has 3 aromatic rings. The number of hydrogen-bond donors (Lipinski definition) is 0. The van der Waals surface area contributed by atoms with Crippen molar-refractivity contribution in [1.29, 1.82) is 0 Å². The molecule has 0 N–H and O–H groups in total. The average Bonchev–Trinajstić information content (AvgIpc) is 3.59. The Kier molecular flexibility index (Phi) is 4.48. The van der Waals surface area contributed by atoms with Crippen LogP contribution in [0.2, 0.25) is 0 Å². The van der Waals surface area contributed by atoms with E-state index in [4.69, 9.17) is 14.5 Å². The number of rotatable bonds is 5. The normalized spacial score (nSPS) is 16.1. The minimum absolute atomic E-state index is 0.499. The molecule has 0 unspecified atom stereocenters. The molecule has 1 aliphatic heterocycles. The van der Waals surface area contributed by atoms with Crippen LogP contribution in [0, 0.1) is 5.92 Å². The molecule has 2 aromatic heterocycles. The molecule has 0 bridgehead atoms. The first-order valence-electron chi connectivity index (χ1n) is 9.61. The summed E-state index contributed by atoms with van der Waals surface area (Å²) in [5, 5.41) is 0. The van der Waals surface area contributed by atoms with Gasteiger partial charge in [-0.15, -0.1) is 0 Å². The zero-order valence-electron chi connectivity index (χ0n) is 15.5. The molecule has 1 fully saturated rings. The number of ether oxygens (including phenoxy) is 2. The maximum absolute atomic E-state index is 6.06. The molecular formula is C21H21N5O2.